The van der Waals surface area contributed by atoms with Gasteiger partial charge in [-0.1, -0.05) is 0 Å². The zero-order valence-electron chi connectivity index (χ0n) is 13.0. The Morgan fingerprint density at radius 3 is 2.65 bits per heavy atom. The molecule has 0 unspecified atom stereocenters. The number of aryl methyl sites for hydroxylation is 2. The fraction of sp³-hybridized carbons (Fsp3) is 0.714. The molecular weight excluding hydrogens is 256 g/mol. The molecule has 0 saturated heterocycles. The van der Waals surface area contributed by atoms with Crippen molar-refractivity contribution >= 4 is 6.03 Å². The van der Waals surface area contributed by atoms with Crippen LogP contribution in [0.4, 0.5) is 4.79 Å². The fourth-order valence-corrected chi connectivity index (χ4v) is 2.05. The molecule has 114 valence electrons. The highest BCUT2D eigenvalue weighted by Gasteiger charge is 2.11. The summed E-state index contributed by atoms with van der Waals surface area (Å²) in [5.41, 5.74) is 3.18. The average Bonchev–Trinajstić information content (AvgIpc) is 2.71. The Morgan fingerprint density at radius 2 is 2.05 bits per heavy atom. The van der Waals surface area contributed by atoms with Gasteiger partial charge in [-0.05, 0) is 34.1 Å². The monoisotopic (exact) mass is 282 g/mol. The minimum atomic E-state index is -0.149. The van der Waals surface area contributed by atoms with Gasteiger partial charge in [0.25, 0.3) is 0 Å². The van der Waals surface area contributed by atoms with Gasteiger partial charge in [-0.15, -0.1) is 0 Å². The lowest BCUT2D eigenvalue weighted by atomic mass is 10.2. The summed E-state index contributed by atoms with van der Waals surface area (Å²) >= 11 is 0. The highest BCUT2D eigenvalue weighted by molar-refractivity contribution is 5.73. The van der Waals surface area contributed by atoms with Crippen LogP contribution in [0.15, 0.2) is 0 Å². The Balaban J connectivity index is 2.32. The third kappa shape index (κ3) is 4.85. The van der Waals surface area contributed by atoms with Crippen molar-refractivity contribution in [2.75, 3.05) is 19.8 Å². The van der Waals surface area contributed by atoms with Gasteiger partial charge in [0, 0.05) is 44.1 Å². The smallest absolute Gasteiger partial charge is 0.315 e. The molecule has 0 fully saturated rings. The first kappa shape index (κ1) is 16.5. The van der Waals surface area contributed by atoms with E-state index in [4.69, 9.17) is 4.74 Å². The SMILES string of the molecule is CCOCCCNC(=O)NCc1c(C)nn(CC)c1C. The first-order valence-electron chi connectivity index (χ1n) is 7.22. The summed E-state index contributed by atoms with van der Waals surface area (Å²) in [6, 6.07) is -0.149. The largest absolute Gasteiger partial charge is 0.382 e. The van der Waals surface area contributed by atoms with Gasteiger partial charge in [0.2, 0.25) is 0 Å². The summed E-state index contributed by atoms with van der Waals surface area (Å²) in [4.78, 5) is 11.7. The van der Waals surface area contributed by atoms with Gasteiger partial charge in [-0.2, -0.15) is 5.10 Å². The minimum Gasteiger partial charge on any atom is -0.382 e. The lowest BCUT2D eigenvalue weighted by molar-refractivity contribution is 0.145. The second kappa shape index (κ2) is 8.58. The van der Waals surface area contributed by atoms with Gasteiger partial charge >= 0.3 is 6.03 Å². The number of aromatic nitrogens is 2. The fourth-order valence-electron chi connectivity index (χ4n) is 2.05. The van der Waals surface area contributed by atoms with Crippen molar-refractivity contribution in [1.29, 1.82) is 0 Å². The Kier molecular flexibility index (Phi) is 7.08. The first-order valence-corrected chi connectivity index (χ1v) is 7.22. The number of carbonyl (C=O) groups is 1. The van der Waals surface area contributed by atoms with E-state index in [0.717, 1.165) is 29.9 Å². The molecule has 0 atom stereocenters. The molecule has 6 heteroatoms. The lowest BCUT2D eigenvalue weighted by Crippen LogP contribution is -2.36. The third-order valence-electron chi connectivity index (χ3n) is 3.21. The number of urea groups is 1. The predicted molar refractivity (Wildman–Crippen MR) is 78.7 cm³/mol. The topological polar surface area (TPSA) is 68.2 Å². The van der Waals surface area contributed by atoms with E-state index in [-0.39, 0.29) is 6.03 Å². The Labute approximate surface area is 120 Å². The minimum absolute atomic E-state index is 0.149. The molecule has 2 amide bonds. The normalized spacial score (nSPS) is 10.6. The summed E-state index contributed by atoms with van der Waals surface area (Å²) in [5, 5.41) is 10.1. The van der Waals surface area contributed by atoms with E-state index in [0.29, 0.717) is 26.3 Å². The van der Waals surface area contributed by atoms with Gasteiger partial charge in [-0.25, -0.2) is 4.79 Å². The number of nitrogens with one attached hydrogen (secondary N) is 2. The van der Waals surface area contributed by atoms with Crippen LogP contribution in [-0.4, -0.2) is 35.6 Å². The van der Waals surface area contributed by atoms with Gasteiger partial charge in [-0.3, -0.25) is 4.68 Å². The molecule has 1 rings (SSSR count). The molecule has 1 aromatic rings. The maximum absolute atomic E-state index is 11.7. The summed E-state index contributed by atoms with van der Waals surface area (Å²) in [5.74, 6) is 0. The maximum atomic E-state index is 11.7. The third-order valence-corrected chi connectivity index (χ3v) is 3.21. The van der Waals surface area contributed by atoms with E-state index in [2.05, 4.69) is 22.7 Å². The molecule has 1 heterocycles. The molecule has 0 aliphatic heterocycles. The second-order valence-corrected chi connectivity index (χ2v) is 4.63. The van der Waals surface area contributed by atoms with Crippen molar-refractivity contribution in [2.45, 2.75) is 47.2 Å². The Hall–Kier alpha value is -1.56. The standard InChI is InChI=1S/C14H26N4O2/c1-5-18-12(4)13(11(3)17-18)10-16-14(19)15-8-7-9-20-6-2/h5-10H2,1-4H3,(H2,15,16,19). The number of ether oxygens (including phenoxy) is 1. The van der Waals surface area contributed by atoms with Crippen LogP contribution in [0.1, 0.15) is 37.2 Å². The molecule has 2 N–H and O–H groups in total. The van der Waals surface area contributed by atoms with Crippen molar-refractivity contribution < 1.29 is 9.53 Å². The van der Waals surface area contributed by atoms with E-state index in [1.165, 1.54) is 0 Å². The van der Waals surface area contributed by atoms with Crippen molar-refractivity contribution in [1.82, 2.24) is 20.4 Å². The van der Waals surface area contributed by atoms with Gasteiger partial charge in [0.15, 0.2) is 0 Å². The Morgan fingerprint density at radius 1 is 1.30 bits per heavy atom. The highest BCUT2D eigenvalue weighted by atomic mass is 16.5. The van der Waals surface area contributed by atoms with Gasteiger partial charge in [0.05, 0.1) is 5.69 Å². The molecular formula is C14H26N4O2. The molecule has 20 heavy (non-hydrogen) atoms. The summed E-state index contributed by atoms with van der Waals surface area (Å²) in [7, 11) is 0. The average molecular weight is 282 g/mol. The molecule has 0 radical (unpaired) electrons. The summed E-state index contributed by atoms with van der Waals surface area (Å²) in [6.45, 7) is 11.4. The van der Waals surface area contributed by atoms with Gasteiger partial charge < -0.3 is 15.4 Å². The summed E-state index contributed by atoms with van der Waals surface area (Å²) < 4.78 is 7.16. The molecule has 6 nitrogen and oxygen atoms in total. The quantitative estimate of drug-likeness (QED) is 0.714. The zero-order chi connectivity index (χ0) is 15.0. The van der Waals surface area contributed by atoms with Crippen molar-refractivity contribution in [3.05, 3.63) is 17.0 Å². The number of nitrogens with zero attached hydrogens (tertiary/aromatic N) is 2. The number of amides is 2. The molecule has 0 bridgehead atoms. The van der Waals surface area contributed by atoms with Crippen molar-refractivity contribution in [3.63, 3.8) is 0 Å². The molecule has 0 spiro atoms. The van der Waals surface area contributed by atoms with Crippen LogP contribution in [0.25, 0.3) is 0 Å². The number of rotatable bonds is 8. The van der Waals surface area contributed by atoms with Crippen LogP contribution < -0.4 is 10.6 Å². The number of hydrogen-bond donors (Lipinski definition) is 2. The molecule has 0 aromatic carbocycles. The Bertz CT molecular complexity index is 429. The van der Waals surface area contributed by atoms with Crippen LogP contribution in [-0.2, 0) is 17.8 Å². The molecule has 0 aliphatic carbocycles. The van der Waals surface area contributed by atoms with Crippen LogP contribution >= 0.6 is 0 Å². The first-order chi connectivity index (χ1) is 9.60. The zero-order valence-corrected chi connectivity index (χ0v) is 13.0. The van der Waals surface area contributed by atoms with E-state index < -0.39 is 0 Å². The van der Waals surface area contributed by atoms with Crippen LogP contribution in [0.2, 0.25) is 0 Å². The second-order valence-electron chi connectivity index (χ2n) is 4.63. The van der Waals surface area contributed by atoms with E-state index in [1.807, 2.05) is 25.5 Å². The predicted octanol–water partition coefficient (Wildman–Crippen LogP) is 1.75. The highest BCUT2D eigenvalue weighted by Crippen LogP contribution is 2.12. The number of carbonyl (C=O) groups excluding carboxylic acids is 1. The van der Waals surface area contributed by atoms with Crippen molar-refractivity contribution in [2.24, 2.45) is 0 Å². The number of hydrogen-bond acceptors (Lipinski definition) is 3. The van der Waals surface area contributed by atoms with E-state index >= 15 is 0 Å². The molecule has 0 aliphatic rings. The maximum Gasteiger partial charge on any atom is 0.315 e. The lowest BCUT2D eigenvalue weighted by Gasteiger charge is -2.08. The van der Waals surface area contributed by atoms with E-state index in [9.17, 15) is 4.79 Å². The van der Waals surface area contributed by atoms with Crippen LogP contribution in [0.5, 0.6) is 0 Å². The van der Waals surface area contributed by atoms with Crippen LogP contribution in [0, 0.1) is 13.8 Å². The van der Waals surface area contributed by atoms with Crippen molar-refractivity contribution in [3.8, 4) is 0 Å². The molecule has 0 saturated carbocycles. The van der Waals surface area contributed by atoms with E-state index in [1.54, 1.807) is 0 Å². The van der Waals surface area contributed by atoms with Crippen LogP contribution in [0.3, 0.4) is 0 Å². The van der Waals surface area contributed by atoms with Gasteiger partial charge in [0.1, 0.15) is 0 Å². The molecule has 1 aromatic heterocycles. The summed E-state index contributed by atoms with van der Waals surface area (Å²) in [6.07, 6.45) is 0.826.